The van der Waals surface area contributed by atoms with Crippen LogP contribution < -0.4 is 10.9 Å². The Balaban J connectivity index is 0.00000109. The van der Waals surface area contributed by atoms with E-state index in [4.69, 9.17) is 4.74 Å². The number of nitrogens with one attached hydrogen (secondary N) is 2. The van der Waals surface area contributed by atoms with E-state index in [1.165, 1.54) is 6.42 Å². The zero-order valence-electron chi connectivity index (χ0n) is 15.9. The molecule has 0 spiro atoms. The molecule has 1 aliphatic heterocycles. The van der Waals surface area contributed by atoms with Crippen molar-refractivity contribution >= 4 is 6.08 Å². The highest BCUT2D eigenvalue weighted by molar-refractivity contribution is 5.56. The van der Waals surface area contributed by atoms with Crippen molar-refractivity contribution in [2.75, 3.05) is 39.3 Å². The molecule has 3 rings (SSSR count). The number of aromatic amines is 1. The number of ether oxygens (including phenoxy) is 1. The average Bonchev–Trinajstić information content (AvgIpc) is 2.63. The number of fused-ring (bicyclic) bond motifs is 1. The van der Waals surface area contributed by atoms with E-state index in [1.54, 1.807) is 6.07 Å². The fourth-order valence-electron chi connectivity index (χ4n) is 3.28. The van der Waals surface area contributed by atoms with Crippen molar-refractivity contribution in [3.8, 4) is 0 Å². The Morgan fingerprint density at radius 3 is 2.72 bits per heavy atom. The number of nitrogens with zero attached hydrogens (tertiary/aromatic N) is 1. The van der Waals surface area contributed by atoms with Crippen LogP contribution in [-0.4, -0.2) is 54.8 Å². The molecule has 1 aromatic heterocycles. The van der Waals surface area contributed by atoms with Gasteiger partial charge < -0.3 is 19.9 Å². The van der Waals surface area contributed by atoms with Crippen LogP contribution in [0.2, 0.25) is 0 Å². The quantitative estimate of drug-likeness (QED) is 0.776. The van der Waals surface area contributed by atoms with E-state index in [0.717, 1.165) is 63.4 Å². The molecule has 1 aliphatic carbocycles. The Morgan fingerprint density at radius 1 is 1.20 bits per heavy atom. The van der Waals surface area contributed by atoms with E-state index in [-0.39, 0.29) is 11.2 Å². The molecule has 2 N–H and O–H groups in total. The van der Waals surface area contributed by atoms with E-state index < -0.39 is 0 Å². The van der Waals surface area contributed by atoms with Crippen LogP contribution in [0.4, 0.5) is 0 Å². The Bertz CT molecular complexity index is 605. The fraction of sp³-hybridized carbons (Fsp3) is 0.650. The van der Waals surface area contributed by atoms with E-state index in [0.29, 0.717) is 0 Å². The number of hydrogen-bond acceptors (Lipinski definition) is 4. The smallest absolute Gasteiger partial charge is 0.248 e. The van der Waals surface area contributed by atoms with Crippen LogP contribution >= 0.6 is 0 Å². The molecule has 2 aliphatic rings. The van der Waals surface area contributed by atoms with Gasteiger partial charge in [-0.15, -0.1) is 0 Å². The minimum Gasteiger partial charge on any atom is -0.371 e. The highest BCUT2D eigenvalue weighted by Gasteiger charge is 2.27. The second-order valence-electron chi connectivity index (χ2n) is 6.73. The summed E-state index contributed by atoms with van der Waals surface area (Å²) in [6.45, 7) is 12.5. The second-order valence-corrected chi connectivity index (χ2v) is 6.73. The van der Waals surface area contributed by atoms with Gasteiger partial charge in [0.15, 0.2) is 0 Å². The highest BCUT2D eigenvalue weighted by Crippen LogP contribution is 2.26. The van der Waals surface area contributed by atoms with Crippen molar-refractivity contribution in [3.05, 3.63) is 39.8 Å². The third-order valence-electron chi connectivity index (χ3n) is 4.69. The maximum Gasteiger partial charge on any atom is 0.248 e. The Labute approximate surface area is 151 Å². The number of hydrogen-bond donors (Lipinski definition) is 2. The monoisotopic (exact) mass is 347 g/mol. The lowest BCUT2D eigenvalue weighted by atomic mass is 9.90. The molecule has 2 heterocycles. The summed E-state index contributed by atoms with van der Waals surface area (Å²) in [5.74, 6) is 0. The molecule has 1 unspecified atom stereocenters. The first-order valence-corrected chi connectivity index (χ1v) is 9.63. The van der Waals surface area contributed by atoms with E-state index in [9.17, 15) is 4.79 Å². The first-order valence-electron chi connectivity index (χ1n) is 9.63. The summed E-state index contributed by atoms with van der Waals surface area (Å²) in [6.07, 6.45) is 7.14. The minimum absolute atomic E-state index is 0.0441. The summed E-state index contributed by atoms with van der Waals surface area (Å²) < 4.78 is 6.12. The lowest BCUT2D eigenvalue weighted by Crippen LogP contribution is -2.43. The van der Waals surface area contributed by atoms with Gasteiger partial charge in [0.2, 0.25) is 5.56 Å². The van der Waals surface area contributed by atoms with Gasteiger partial charge in [-0.2, -0.15) is 0 Å². The molecular weight excluding hydrogens is 314 g/mol. The molecule has 1 fully saturated rings. The SMILES string of the molecule is CC.CC1(OCCCCN2CCNCC2)C=Cc2ccc(=O)[nH]c2C1. The third kappa shape index (κ3) is 6.10. The molecule has 0 radical (unpaired) electrons. The summed E-state index contributed by atoms with van der Waals surface area (Å²) in [5, 5.41) is 3.38. The Hall–Kier alpha value is -1.43. The topological polar surface area (TPSA) is 57.4 Å². The molecule has 1 saturated heterocycles. The van der Waals surface area contributed by atoms with Crippen LogP contribution in [0, 0.1) is 0 Å². The van der Waals surface area contributed by atoms with Gasteiger partial charge in [0.1, 0.15) is 0 Å². The lowest BCUT2D eigenvalue weighted by molar-refractivity contribution is 0.00211. The molecule has 5 heteroatoms. The van der Waals surface area contributed by atoms with Gasteiger partial charge >= 0.3 is 0 Å². The fourth-order valence-corrected chi connectivity index (χ4v) is 3.28. The average molecular weight is 348 g/mol. The first-order chi connectivity index (χ1) is 12.1. The van der Waals surface area contributed by atoms with E-state index in [1.807, 2.05) is 19.9 Å². The van der Waals surface area contributed by atoms with Gasteiger partial charge in [0, 0.05) is 51.0 Å². The summed E-state index contributed by atoms with van der Waals surface area (Å²) in [4.78, 5) is 16.9. The molecule has 1 atom stereocenters. The second kappa shape index (κ2) is 9.90. The van der Waals surface area contributed by atoms with Crippen molar-refractivity contribution in [1.29, 1.82) is 0 Å². The van der Waals surface area contributed by atoms with Crippen molar-refractivity contribution in [1.82, 2.24) is 15.2 Å². The van der Waals surface area contributed by atoms with Gasteiger partial charge in [0.25, 0.3) is 0 Å². The van der Waals surface area contributed by atoms with Gasteiger partial charge in [-0.25, -0.2) is 0 Å². The number of piperazine rings is 1. The van der Waals surface area contributed by atoms with Crippen LogP contribution in [0.5, 0.6) is 0 Å². The maximum atomic E-state index is 11.5. The Kier molecular flexibility index (Phi) is 7.88. The summed E-state index contributed by atoms with van der Waals surface area (Å²) in [5.41, 5.74) is 1.71. The van der Waals surface area contributed by atoms with Crippen molar-refractivity contribution in [2.45, 2.75) is 45.6 Å². The highest BCUT2D eigenvalue weighted by atomic mass is 16.5. The predicted molar refractivity (Wildman–Crippen MR) is 104 cm³/mol. The summed E-state index contributed by atoms with van der Waals surface area (Å²) >= 11 is 0. The van der Waals surface area contributed by atoms with Gasteiger partial charge in [0.05, 0.1) is 5.60 Å². The van der Waals surface area contributed by atoms with Crippen LogP contribution in [-0.2, 0) is 11.2 Å². The van der Waals surface area contributed by atoms with Crippen LogP contribution in [0.1, 0.15) is 44.9 Å². The molecule has 5 nitrogen and oxygen atoms in total. The summed E-state index contributed by atoms with van der Waals surface area (Å²) in [7, 11) is 0. The molecule has 140 valence electrons. The van der Waals surface area contributed by atoms with E-state index >= 15 is 0 Å². The number of unbranched alkanes of at least 4 members (excludes halogenated alkanes) is 1. The predicted octanol–water partition coefficient (Wildman–Crippen LogP) is 2.43. The van der Waals surface area contributed by atoms with Gasteiger partial charge in [-0.05, 0) is 37.9 Å². The normalized spacial score (nSPS) is 22.8. The maximum absolute atomic E-state index is 11.5. The van der Waals surface area contributed by atoms with Crippen molar-refractivity contribution in [2.24, 2.45) is 0 Å². The van der Waals surface area contributed by atoms with Crippen LogP contribution in [0.3, 0.4) is 0 Å². The van der Waals surface area contributed by atoms with Crippen LogP contribution in [0.15, 0.2) is 23.0 Å². The zero-order chi connectivity index (χ0) is 18.1. The molecule has 25 heavy (non-hydrogen) atoms. The molecular formula is C20H33N3O2. The molecule has 0 amide bonds. The Morgan fingerprint density at radius 2 is 1.96 bits per heavy atom. The van der Waals surface area contributed by atoms with Gasteiger partial charge in [-0.3, -0.25) is 4.79 Å². The number of H-pyrrole nitrogens is 1. The third-order valence-corrected chi connectivity index (χ3v) is 4.69. The van der Waals surface area contributed by atoms with Crippen molar-refractivity contribution in [3.63, 3.8) is 0 Å². The number of aromatic nitrogens is 1. The van der Waals surface area contributed by atoms with Crippen molar-refractivity contribution < 1.29 is 4.74 Å². The largest absolute Gasteiger partial charge is 0.371 e. The molecule has 0 saturated carbocycles. The molecule has 1 aromatic rings. The standard InChI is InChI=1S/C18H27N3O2.C2H6/c1-18(7-6-15-4-5-17(22)20-16(15)14-18)23-13-3-2-10-21-11-8-19-9-12-21;1-2/h4-7,19H,2-3,8-14H2,1H3,(H,20,22);1-2H3. The molecule has 0 aromatic carbocycles. The zero-order valence-corrected chi connectivity index (χ0v) is 15.9. The van der Waals surface area contributed by atoms with Gasteiger partial charge in [-0.1, -0.05) is 26.0 Å². The van der Waals surface area contributed by atoms with Crippen LogP contribution in [0.25, 0.3) is 6.08 Å². The number of pyridine rings is 1. The molecule has 0 bridgehead atoms. The lowest BCUT2D eigenvalue weighted by Gasteiger charge is -2.30. The number of rotatable bonds is 6. The summed E-state index contributed by atoms with van der Waals surface area (Å²) in [6, 6.07) is 3.44. The van der Waals surface area contributed by atoms with E-state index in [2.05, 4.69) is 34.3 Å². The first kappa shape index (κ1) is 19.9. The minimum atomic E-state index is -0.313.